The Balaban J connectivity index is 2.43. The van der Waals surface area contributed by atoms with E-state index in [0.717, 1.165) is 11.3 Å². The lowest BCUT2D eigenvalue weighted by atomic mass is 10.0. The largest absolute Gasteiger partial charge is 0.342 e. The summed E-state index contributed by atoms with van der Waals surface area (Å²) in [6, 6.07) is 14.9. The van der Waals surface area contributed by atoms with Crippen LogP contribution in [0.4, 0.5) is 15.8 Å². The lowest BCUT2D eigenvalue weighted by Gasteiger charge is -2.24. The molecule has 0 bridgehead atoms. The maximum Gasteiger partial charge on any atom is 0.147 e. The number of nitrogens with zero attached hydrogens (tertiary/aromatic N) is 1. The van der Waals surface area contributed by atoms with E-state index in [1.807, 2.05) is 55.3 Å². The molecule has 0 fully saturated rings. The second kappa shape index (κ2) is 5.85. The van der Waals surface area contributed by atoms with Gasteiger partial charge in [-0.2, -0.15) is 0 Å². The van der Waals surface area contributed by atoms with Gasteiger partial charge in [0.25, 0.3) is 0 Å². The molecule has 2 nitrogen and oxygen atoms in total. The van der Waals surface area contributed by atoms with Crippen LogP contribution in [0.3, 0.4) is 0 Å². The van der Waals surface area contributed by atoms with Gasteiger partial charge in [0.15, 0.2) is 0 Å². The SMILES string of the molecule is CC(N)Cc1cccc(F)c1N(C)c1ccccc1. The standard InChI is InChI=1S/C16H19FN2/c1-12(18)11-13-7-6-10-15(17)16(13)19(2)14-8-4-3-5-9-14/h3-10,12H,11,18H2,1-2H3. The number of nitrogens with two attached hydrogens (primary N) is 1. The molecule has 100 valence electrons. The summed E-state index contributed by atoms with van der Waals surface area (Å²) in [4.78, 5) is 1.87. The fraction of sp³-hybridized carbons (Fsp3) is 0.250. The third-order valence-corrected chi connectivity index (χ3v) is 3.09. The molecule has 2 N–H and O–H groups in total. The molecule has 0 saturated carbocycles. The smallest absolute Gasteiger partial charge is 0.147 e. The zero-order valence-corrected chi connectivity index (χ0v) is 11.3. The van der Waals surface area contributed by atoms with Crippen molar-refractivity contribution in [2.45, 2.75) is 19.4 Å². The van der Waals surface area contributed by atoms with E-state index in [-0.39, 0.29) is 11.9 Å². The third-order valence-electron chi connectivity index (χ3n) is 3.09. The van der Waals surface area contributed by atoms with Crippen LogP contribution in [0, 0.1) is 5.82 Å². The minimum Gasteiger partial charge on any atom is -0.342 e. The highest BCUT2D eigenvalue weighted by Gasteiger charge is 2.15. The van der Waals surface area contributed by atoms with Gasteiger partial charge in [-0.25, -0.2) is 4.39 Å². The summed E-state index contributed by atoms with van der Waals surface area (Å²) in [5.41, 5.74) is 8.33. The van der Waals surface area contributed by atoms with Gasteiger partial charge in [-0.15, -0.1) is 0 Å². The Morgan fingerprint density at radius 2 is 1.79 bits per heavy atom. The lowest BCUT2D eigenvalue weighted by Crippen LogP contribution is -2.21. The predicted molar refractivity (Wildman–Crippen MR) is 78.3 cm³/mol. The minimum atomic E-state index is -0.218. The maximum absolute atomic E-state index is 14.2. The molecule has 0 aliphatic heterocycles. The van der Waals surface area contributed by atoms with Gasteiger partial charge in [0.2, 0.25) is 0 Å². The molecule has 2 aromatic carbocycles. The summed E-state index contributed by atoms with van der Waals surface area (Å²) in [5, 5.41) is 0. The second-order valence-electron chi connectivity index (χ2n) is 4.82. The minimum absolute atomic E-state index is 0.00437. The molecule has 3 heteroatoms. The van der Waals surface area contributed by atoms with Crippen LogP contribution in [-0.2, 0) is 6.42 Å². The highest BCUT2D eigenvalue weighted by atomic mass is 19.1. The molecule has 0 saturated heterocycles. The van der Waals surface area contributed by atoms with E-state index in [1.54, 1.807) is 6.07 Å². The van der Waals surface area contributed by atoms with Crippen molar-refractivity contribution < 1.29 is 4.39 Å². The van der Waals surface area contributed by atoms with Crippen LogP contribution in [0.2, 0.25) is 0 Å². The summed E-state index contributed by atoms with van der Waals surface area (Å²) in [6.07, 6.45) is 0.657. The van der Waals surface area contributed by atoms with E-state index < -0.39 is 0 Å². The number of hydrogen-bond acceptors (Lipinski definition) is 2. The summed E-state index contributed by atoms with van der Waals surface area (Å²) >= 11 is 0. The summed E-state index contributed by atoms with van der Waals surface area (Å²) in [7, 11) is 1.87. The number of rotatable bonds is 4. The molecular formula is C16H19FN2. The molecule has 2 rings (SSSR count). The van der Waals surface area contributed by atoms with Gasteiger partial charge >= 0.3 is 0 Å². The molecule has 1 atom stereocenters. The van der Waals surface area contributed by atoms with Gasteiger partial charge in [-0.3, -0.25) is 0 Å². The second-order valence-corrected chi connectivity index (χ2v) is 4.82. The van der Waals surface area contributed by atoms with E-state index in [2.05, 4.69) is 0 Å². The molecule has 0 spiro atoms. The van der Waals surface area contributed by atoms with Crippen molar-refractivity contribution >= 4 is 11.4 Å². The molecule has 0 aliphatic carbocycles. The van der Waals surface area contributed by atoms with Crippen LogP contribution in [0.25, 0.3) is 0 Å². The molecule has 2 aromatic rings. The van der Waals surface area contributed by atoms with Crippen LogP contribution in [0.1, 0.15) is 12.5 Å². The summed E-state index contributed by atoms with van der Waals surface area (Å²) < 4.78 is 14.2. The maximum atomic E-state index is 14.2. The van der Waals surface area contributed by atoms with Crippen LogP contribution in [0.5, 0.6) is 0 Å². The van der Waals surface area contributed by atoms with E-state index in [9.17, 15) is 4.39 Å². The van der Waals surface area contributed by atoms with Crippen LogP contribution in [0.15, 0.2) is 48.5 Å². The Morgan fingerprint density at radius 3 is 2.42 bits per heavy atom. The fourth-order valence-electron chi connectivity index (χ4n) is 2.23. The van der Waals surface area contributed by atoms with E-state index in [1.165, 1.54) is 6.07 Å². The molecule has 0 radical (unpaired) electrons. The lowest BCUT2D eigenvalue weighted by molar-refractivity contribution is 0.622. The van der Waals surface area contributed by atoms with Crippen molar-refractivity contribution in [1.82, 2.24) is 0 Å². The quantitative estimate of drug-likeness (QED) is 0.909. The molecule has 0 aromatic heterocycles. The summed E-state index contributed by atoms with van der Waals surface area (Å²) in [6.45, 7) is 1.93. The fourth-order valence-corrected chi connectivity index (χ4v) is 2.23. The van der Waals surface area contributed by atoms with Gasteiger partial charge < -0.3 is 10.6 Å². The molecule has 0 heterocycles. The number of hydrogen-bond donors (Lipinski definition) is 1. The Morgan fingerprint density at radius 1 is 1.11 bits per heavy atom. The van der Waals surface area contributed by atoms with E-state index in [4.69, 9.17) is 5.73 Å². The summed E-state index contributed by atoms with van der Waals surface area (Å²) in [5.74, 6) is -0.218. The van der Waals surface area contributed by atoms with E-state index >= 15 is 0 Å². The van der Waals surface area contributed by atoms with E-state index in [0.29, 0.717) is 12.1 Å². The van der Waals surface area contributed by atoms with Crippen LogP contribution in [-0.4, -0.2) is 13.1 Å². The number of para-hydroxylation sites is 2. The molecular weight excluding hydrogens is 239 g/mol. The number of halogens is 1. The highest BCUT2D eigenvalue weighted by molar-refractivity contribution is 5.66. The highest BCUT2D eigenvalue weighted by Crippen LogP contribution is 2.30. The molecule has 1 unspecified atom stereocenters. The topological polar surface area (TPSA) is 29.3 Å². The molecule has 19 heavy (non-hydrogen) atoms. The van der Waals surface area contributed by atoms with Crippen molar-refractivity contribution in [1.29, 1.82) is 0 Å². The van der Waals surface area contributed by atoms with Gasteiger partial charge in [0.1, 0.15) is 5.82 Å². The van der Waals surface area contributed by atoms with Crippen molar-refractivity contribution in [2.75, 3.05) is 11.9 Å². The first-order chi connectivity index (χ1) is 9.09. The Kier molecular flexibility index (Phi) is 4.17. The molecule has 0 amide bonds. The van der Waals surface area contributed by atoms with Gasteiger partial charge in [0, 0.05) is 18.8 Å². The Bertz CT molecular complexity index is 538. The third kappa shape index (κ3) is 3.12. The number of anilines is 2. The average molecular weight is 258 g/mol. The van der Waals surface area contributed by atoms with Gasteiger partial charge in [-0.1, -0.05) is 30.3 Å². The Hall–Kier alpha value is -1.87. The van der Waals surface area contributed by atoms with Crippen molar-refractivity contribution in [3.05, 3.63) is 59.9 Å². The van der Waals surface area contributed by atoms with Crippen LogP contribution < -0.4 is 10.6 Å². The van der Waals surface area contributed by atoms with Crippen molar-refractivity contribution in [3.8, 4) is 0 Å². The van der Waals surface area contributed by atoms with Crippen molar-refractivity contribution in [2.24, 2.45) is 5.73 Å². The normalized spacial score (nSPS) is 12.2. The first kappa shape index (κ1) is 13.6. The number of benzene rings is 2. The zero-order valence-electron chi connectivity index (χ0n) is 11.3. The first-order valence-electron chi connectivity index (χ1n) is 6.41. The monoisotopic (exact) mass is 258 g/mol. The van der Waals surface area contributed by atoms with Gasteiger partial charge in [0.05, 0.1) is 5.69 Å². The Labute approximate surface area is 113 Å². The van der Waals surface area contributed by atoms with Crippen molar-refractivity contribution in [3.63, 3.8) is 0 Å². The zero-order chi connectivity index (χ0) is 13.8. The van der Waals surface area contributed by atoms with Gasteiger partial charge in [-0.05, 0) is 37.1 Å². The average Bonchev–Trinajstić information content (AvgIpc) is 2.38. The first-order valence-corrected chi connectivity index (χ1v) is 6.41. The molecule has 0 aliphatic rings. The van der Waals surface area contributed by atoms with Crippen LogP contribution >= 0.6 is 0 Å². The predicted octanol–water partition coefficient (Wildman–Crippen LogP) is 3.48.